The molecule has 0 bridgehead atoms. The van der Waals surface area contributed by atoms with Crippen molar-refractivity contribution < 1.29 is 14.3 Å². The molecule has 7 heteroatoms. The van der Waals surface area contributed by atoms with Crippen molar-refractivity contribution in [2.75, 3.05) is 13.2 Å². The average molecular weight is 384 g/mol. The van der Waals surface area contributed by atoms with E-state index < -0.39 is 6.09 Å². The van der Waals surface area contributed by atoms with Crippen LogP contribution in [0.15, 0.2) is 48.8 Å². The van der Waals surface area contributed by atoms with Crippen molar-refractivity contribution >= 4 is 18.1 Å². The summed E-state index contributed by atoms with van der Waals surface area (Å²) in [7, 11) is 0. The molecule has 0 aliphatic rings. The number of benzene rings is 1. The van der Waals surface area contributed by atoms with E-state index in [0.717, 1.165) is 17.7 Å². The van der Waals surface area contributed by atoms with Crippen LogP contribution in [0.25, 0.3) is 11.8 Å². The Kier molecular flexibility index (Phi) is 8.27. The summed E-state index contributed by atoms with van der Waals surface area (Å²) in [6, 6.07) is 9.56. The molecule has 2 amide bonds. The van der Waals surface area contributed by atoms with Crippen LogP contribution in [-0.2, 0) is 9.53 Å². The predicted molar refractivity (Wildman–Crippen MR) is 109 cm³/mol. The topological polar surface area (TPSA) is 85.2 Å². The number of ether oxygens (including phenoxy) is 1. The van der Waals surface area contributed by atoms with Crippen molar-refractivity contribution in [3.05, 3.63) is 54.4 Å². The van der Waals surface area contributed by atoms with Gasteiger partial charge in [-0.1, -0.05) is 32.0 Å². The standard InChI is InChI=1S/C21H28N4O3/c1-4-28-21(27)24-18(12-16(2)3)14-22-20(26)11-10-17-13-23-25(15-17)19-8-6-5-7-9-19/h5-11,13,15-16,18H,4,12,14H2,1-3H3,(H,22,26)(H,24,27). The van der Waals surface area contributed by atoms with Crippen LogP contribution in [-0.4, -0.2) is 41.0 Å². The van der Waals surface area contributed by atoms with E-state index in [0.29, 0.717) is 19.1 Å². The molecule has 1 aromatic heterocycles. The summed E-state index contributed by atoms with van der Waals surface area (Å²) < 4.78 is 6.67. The van der Waals surface area contributed by atoms with Crippen LogP contribution in [0, 0.1) is 5.92 Å². The van der Waals surface area contributed by atoms with Crippen molar-refractivity contribution in [1.29, 1.82) is 0 Å². The second-order valence-electron chi connectivity index (χ2n) is 6.82. The van der Waals surface area contributed by atoms with Crippen LogP contribution in [0.1, 0.15) is 32.8 Å². The number of nitrogens with one attached hydrogen (secondary N) is 2. The molecule has 28 heavy (non-hydrogen) atoms. The van der Waals surface area contributed by atoms with Gasteiger partial charge in [-0.25, -0.2) is 9.48 Å². The van der Waals surface area contributed by atoms with E-state index in [1.165, 1.54) is 6.08 Å². The maximum Gasteiger partial charge on any atom is 0.407 e. The molecule has 0 spiro atoms. The fourth-order valence-electron chi connectivity index (χ4n) is 2.70. The molecule has 2 N–H and O–H groups in total. The molecule has 0 aliphatic heterocycles. The number of hydrogen-bond donors (Lipinski definition) is 2. The van der Waals surface area contributed by atoms with Gasteiger partial charge in [-0.3, -0.25) is 4.79 Å². The Labute approximate surface area is 165 Å². The summed E-state index contributed by atoms with van der Waals surface area (Å²) in [5.41, 5.74) is 1.77. The summed E-state index contributed by atoms with van der Waals surface area (Å²) in [6.07, 6.45) is 6.99. The predicted octanol–water partition coefficient (Wildman–Crippen LogP) is 3.16. The number of alkyl carbamates (subject to hydrolysis) is 1. The molecule has 1 aromatic carbocycles. The molecule has 0 aliphatic carbocycles. The van der Waals surface area contributed by atoms with Crippen LogP contribution < -0.4 is 10.6 Å². The summed E-state index contributed by atoms with van der Waals surface area (Å²) in [5, 5.41) is 9.90. The normalized spacial score (nSPS) is 12.1. The first-order chi connectivity index (χ1) is 13.5. The van der Waals surface area contributed by atoms with E-state index in [4.69, 9.17) is 4.74 Å². The minimum absolute atomic E-state index is 0.183. The van der Waals surface area contributed by atoms with Crippen molar-refractivity contribution in [2.24, 2.45) is 5.92 Å². The molecule has 0 radical (unpaired) electrons. The van der Waals surface area contributed by atoms with Gasteiger partial charge in [0.05, 0.1) is 18.5 Å². The molecule has 1 atom stereocenters. The number of amides is 2. The van der Waals surface area contributed by atoms with Gasteiger partial charge < -0.3 is 15.4 Å². The van der Waals surface area contributed by atoms with Crippen LogP contribution >= 0.6 is 0 Å². The molecule has 0 saturated carbocycles. The van der Waals surface area contributed by atoms with Crippen molar-refractivity contribution in [2.45, 2.75) is 33.2 Å². The van der Waals surface area contributed by atoms with Crippen LogP contribution in [0.3, 0.4) is 0 Å². The van der Waals surface area contributed by atoms with Crippen molar-refractivity contribution in [1.82, 2.24) is 20.4 Å². The van der Waals surface area contributed by atoms with Crippen LogP contribution in [0.5, 0.6) is 0 Å². The van der Waals surface area contributed by atoms with Gasteiger partial charge in [-0.2, -0.15) is 5.10 Å². The van der Waals surface area contributed by atoms with Gasteiger partial charge in [-0.05, 0) is 37.5 Å². The number of rotatable bonds is 9. The van der Waals surface area contributed by atoms with Crippen molar-refractivity contribution in [3.63, 3.8) is 0 Å². The number of nitrogens with zero attached hydrogens (tertiary/aromatic N) is 2. The first kappa shape index (κ1) is 21.2. The van der Waals surface area contributed by atoms with Crippen molar-refractivity contribution in [3.8, 4) is 5.69 Å². The van der Waals surface area contributed by atoms with Gasteiger partial charge in [0.2, 0.25) is 5.91 Å². The molecule has 7 nitrogen and oxygen atoms in total. The highest BCUT2D eigenvalue weighted by molar-refractivity contribution is 5.91. The molecule has 0 fully saturated rings. The highest BCUT2D eigenvalue weighted by Gasteiger charge is 2.15. The zero-order valence-corrected chi connectivity index (χ0v) is 16.6. The Morgan fingerprint density at radius 1 is 1.25 bits per heavy atom. The Morgan fingerprint density at radius 3 is 2.68 bits per heavy atom. The van der Waals surface area contributed by atoms with Gasteiger partial charge in [0.15, 0.2) is 0 Å². The van der Waals surface area contributed by atoms with E-state index in [1.54, 1.807) is 23.9 Å². The van der Waals surface area contributed by atoms with E-state index in [2.05, 4.69) is 29.6 Å². The molecular formula is C21H28N4O3. The smallest absolute Gasteiger partial charge is 0.407 e. The Hall–Kier alpha value is -3.09. The summed E-state index contributed by atoms with van der Waals surface area (Å²) >= 11 is 0. The van der Waals surface area contributed by atoms with E-state index >= 15 is 0 Å². The lowest BCUT2D eigenvalue weighted by molar-refractivity contribution is -0.116. The number of hydrogen-bond acceptors (Lipinski definition) is 4. The summed E-state index contributed by atoms with van der Waals surface area (Å²) in [4.78, 5) is 23.8. The maximum atomic E-state index is 12.1. The Bertz CT molecular complexity index is 784. The van der Waals surface area contributed by atoms with Gasteiger partial charge in [0, 0.05) is 30.4 Å². The average Bonchev–Trinajstić information content (AvgIpc) is 3.14. The summed E-state index contributed by atoms with van der Waals surface area (Å²) in [5.74, 6) is 0.148. The zero-order chi connectivity index (χ0) is 20.4. The molecule has 150 valence electrons. The molecule has 2 rings (SSSR count). The number of para-hydroxylation sites is 1. The van der Waals surface area contributed by atoms with Gasteiger partial charge in [-0.15, -0.1) is 0 Å². The first-order valence-electron chi connectivity index (χ1n) is 9.47. The molecule has 1 heterocycles. The highest BCUT2D eigenvalue weighted by Crippen LogP contribution is 2.09. The van der Waals surface area contributed by atoms with Gasteiger partial charge in [0.1, 0.15) is 0 Å². The second-order valence-corrected chi connectivity index (χ2v) is 6.82. The third-order valence-electron chi connectivity index (χ3n) is 3.93. The molecule has 1 unspecified atom stereocenters. The molecule has 0 saturated heterocycles. The minimum atomic E-state index is -0.466. The van der Waals surface area contributed by atoms with E-state index in [1.807, 2.05) is 36.5 Å². The quantitative estimate of drug-likeness (QED) is 0.651. The summed E-state index contributed by atoms with van der Waals surface area (Å²) in [6.45, 7) is 6.52. The van der Waals surface area contributed by atoms with E-state index in [9.17, 15) is 9.59 Å². The third kappa shape index (κ3) is 7.26. The molecule has 2 aromatic rings. The SMILES string of the molecule is CCOC(=O)NC(CNC(=O)C=Cc1cnn(-c2ccccc2)c1)CC(C)C. The monoisotopic (exact) mass is 384 g/mol. The van der Waals surface area contributed by atoms with Crippen LogP contribution in [0.4, 0.5) is 4.79 Å². The zero-order valence-electron chi connectivity index (χ0n) is 16.6. The Morgan fingerprint density at radius 2 is 2.00 bits per heavy atom. The van der Waals surface area contributed by atoms with Gasteiger partial charge >= 0.3 is 6.09 Å². The largest absolute Gasteiger partial charge is 0.450 e. The number of carbonyl (C=O) groups excluding carboxylic acids is 2. The fraction of sp³-hybridized carbons (Fsp3) is 0.381. The molecular weight excluding hydrogens is 356 g/mol. The lowest BCUT2D eigenvalue weighted by atomic mass is 10.0. The fourth-order valence-corrected chi connectivity index (χ4v) is 2.70. The number of aromatic nitrogens is 2. The second kappa shape index (κ2) is 10.9. The maximum absolute atomic E-state index is 12.1. The van der Waals surface area contributed by atoms with Gasteiger partial charge in [0.25, 0.3) is 0 Å². The lowest BCUT2D eigenvalue weighted by Crippen LogP contribution is -2.44. The highest BCUT2D eigenvalue weighted by atomic mass is 16.5. The Balaban J connectivity index is 1.87. The first-order valence-corrected chi connectivity index (χ1v) is 9.47. The van der Waals surface area contributed by atoms with Crippen LogP contribution in [0.2, 0.25) is 0 Å². The van der Waals surface area contributed by atoms with E-state index in [-0.39, 0.29) is 11.9 Å². The number of carbonyl (C=O) groups is 2. The third-order valence-corrected chi connectivity index (χ3v) is 3.93. The minimum Gasteiger partial charge on any atom is -0.450 e. The lowest BCUT2D eigenvalue weighted by Gasteiger charge is -2.20.